The first kappa shape index (κ1) is 31.2. The lowest BCUT2D eigenvalue weighted by Crippen LogP contribution is -2.51. The molecular formula is C33H33ClN4O5. The number of anilines is 1. The van der Waals surface area contributed by atoms with Gasteiger partial charge in [-0.25, -0.2) is 4.79 Å². The number of hydrogen-bond donors (Lipinski definition) is 1. The average Bonchev–Trinajstić information content (AvgIpc) is 3.21. The number of terminal acetylenes is 1. The van der Waals surface area contributed by atoms with Crippen LogP contribution in [0.2, 0.25) is 5.02 Å². The van der Waals surface area contributed by atoms with Gasteiger partial charge < -0.3 is 24.4 Å². The van der Waals surface area contributed by atoms with Crippen LogP contribution in [-0.4, -0.2) is 41.8 Å². The van der Waals surface area contributed by atoms with E-state index in [2.05, 4.69) is 22.3 Å². The number of benzene rings is 2. The van der Waals surface area contributed by atoms with Crippen molar-refractivity contribution in [2.75, 3.05) is 18.1 Å². The van der Waals surface area contributed by atoms with Crippen LogP contribution in [0.15, 0.2) is 54.7 Å². The number of ether oxygens (including phenoxy) is 3. The Kier molecular flexibility index (Phi) is 9.18. The van der Waals surface area contributed by atoms with Crippen molar-refractivity contribution in [1.82, 2.24) is 10.3 Å². The number of amides is 2. The summed E-state index contributed by atoms with van der Waals surface area (Å²) in [5.41, 5.74) is 1.08. The Morgan fingerprint density at radius 3 is 2.53 bits per heavy atom. The number of pyridine rings is 1. The third-order valence-corrected chi connectivity index (χ3v) is 6.79. The molecule has 1 N–H and O–H groups in total. The zero-order valence-corrected chi connectivity index (χ0v) is 25.5. The number of rotatable bonds is 8. The lowest BCUT2D eigenvalue weighted by Gasteiger charge is -2.27. The predicted octanol–water partition coefficient (Wildman–Crippen LogP) is 6.17. The van der Waals surface area contributed by atoms with Crippen LogP contribution in [0.1, 0.15) is 51.4 Å². The van der Waals surface area contributed by atoms with Crippen LogP contribution in [0, 0.1) is 23.7 Å². The Hall–Kier alpha value is -4.73. The highest BCUT2D eigenvalue weighted by molar-refractivity contribution is 6.30. The molecule has 0 aliphatic carbocycles. The molecular weight excluding hydrogens is 568 g/mol. The molecule has 4 rings (SSSR count). The van der Waals surface area contributed by atoms with Gasteiger partial charge in [-0.1, -0.05) is 43.5 Å². The molecule has 222 valence electrons. The highest BCUT2D eigenvalue weighted by atomic mass is 35.5. The highest BCUT2D eigenvalue weighted by Crippen LogP contribution is 2.42. The first-order valence-electron chi connectivity index (χ1n) is 13.6. The van der Waals surface area contributed by atoms with Gasteiger partial charge in [-0.2, -0.15) is 5.26 Å². The van der Waals surface area contributed by atoms with E-state index in [1.165, 1.54) is 6.07 Å². The van der Waals surface area contributed by atoms with Crippen LogP contribution < -0.4 is 19.7 Å². The van der Waals surface area contributed by atoms with Gasteiger partial charge in [0, 0.05) is 29.5 Å². The minimum atomic E-state index is -0.958. The van der Waals surface area contributed by atoms with Crippen LogP contribution in [0.3, 0.4) is 0 Å². The molecule has 0 unspecified atom stereocenters. The van der Waals surface area contributed by atoms with Crippen LogP contribution in [-0.2, 0) is 21.4 Å². The zero-order chi connectivity index (χ0) is 31.4. The molecule has 0 saturated heterocycles. The first-order chi connectivity index (χ1) is 20.3. The maximum Gasteiger partial charge on any atom is 0.408 e. The number of carbonyl (C=O) groups is 2. The summed E-state index contributed by atoms with van der Waals surface area (Å²) in [6.07, 6.45) is 6.32. The van der Waals surface area contributed by atoms with Gasteiger partial charge in [0.2, 0.25) is 5.91 Å². The predicted molar refractivity (Wildman–Crippen MR) is 163 cm³/mol. The number of aromatic nitrogens is 1. The molecule has 0 bridgehead atoms. The van der Waals surface area contributed by atoms with Crippen molar-refractivity contribution in [3.63, 3.8) is 0 Å². The van der Waals surface area contributed by atoms with Crippen molar-refractivity contribution in [2.45, 2.75) is 58.1 Å². The summed E-state index contributed by atoms with van der Waals surface area (Å²) in [5, 5.41) is 12.7. The Labute approximate surface area is 256 Å². The van der Waals surface area contributed by atoms with Crippen LogP contribution in [0.5, 0.6) is 17.2 Å². The summed E-state index contributed by atoms with van der Waals surface area (Å²) < 4.78 is 16.9. The fourth-order valence-corrected chi connectivity index (χ4v) is 4.87. The Bertz CT molecular complexity index is 1600. The molecule has 0 radical (unpaired) electrons. The van der Waals surface area contributed by atoms with Gasteiger partial charge in [0.25, 0.3) is 0 Å². The molecule has 2 aromatic carbocycles. The van der Waals surface area contributed by atoms with E-state index < -0.39 is 23.2 Å². The van der Waals surface area contributed by atoms with Gasteiger partial charge in [0.15, 0.2) is 0 Å². The second-order valence-corrected chi connectivity index (χ2v) is 12.2. The summed E-state index contributed by atoms with van der Waals surface area (Å²) in [6, 6.07) is 14.7. The standard InChI is InChI=1S/C33H33ClN4O5/c1-7-14-41-24-11-8-21(9-12-24)15-26(37-31(40)43-32(2,3)4)30(39)38-20-33(5,6)29-27(38)17-25(19-36-29)42-28-13-10-23(34)16-22(28)18-35/h1,8-13,16-17,19,26H,14-15,20H2,2-6H3,(H,37,40)/t26-/m0/s1. The monoisotopic (exact) mass is 600 g/mol. The number of nitrogens with zero attached hydrogens (tertiary/aromatic N) is 3. The van der Waals surface area contributed by atoms with Gasteiger partial charge in [0.1, 0.15) is 41.6 Å². The summed E-state index contributed by atoms with van der Waals surface area (Å²) in [7, 11) is 0. The highest BCUT2D eigenvalue weighted by Gasteiger charge is 2.42. The maximum absolute atomic E-state index is 14.2. The fraction of sp³-hybridized carbons (Fsp3) is 0.333. The Balaban J connectivity index is 1.65. The summed E-state index contributed by atoms with van der Waals surface area (Å²) in [6.45, 7) is 9.71. The minimum absolute atomic E-state index is 0.139. The molecule has 9 nitrogen and oxygen atoms in total. The number of halogens is 1. The number of alkyl carbamates (subject to hydrolysis) is 1. The van der Waals surface area contributed by atoms with Gasteiger partial charge >= 0.3 is 6.09 Å². The summed E-state index contributed by atoms with van der Waals surface area (Å²) >= 11 is 6.03. The molecule has 1 atom stereocenters. The SMILES string of the molecule is C#CCOc1ccc(C[C@H](NC(=O)OC(C)(C)C)C(=O)N2CC(C)(C)c3ncc(Oc4ccc(Cl)cc4C#N)cc32)cc1. The van der Waals surface area contributed by atoms with E-state index in [9.17, 15) is 14.9 Å². The molecule has 1 aromatic heterocycles. The zero-order valence-electron chi connectivity index (χ0n) is 24.7. The molecule has 0 fully saturated rings. The van der Waals surface area contributed by atoms with E-state index in [4.69, 9.17) is 32.2 Å². The fourth-order valence-electron chi connectivity index (χ4n) is 4.70. The van der Waals surface area contributed by atoms with Crippen molar-refractivity contribution in [3.05, 3.63) is 76.6 Å². The smallest absolute Gasteiger partial charge is 0.408 e. The van der Waals surface area contributed by atoms with Crippen molar-refractivity contribution in [1.29, 1.82) is 5.26 Å². The van der Waals surface area contributed by atoms with Crippen molar-refractivity contribution in [2.24, 2.45) is 0 Å². The molecule has 2 heterocycles. The van der Waals surface area contributed by atoms with Crippen LogP contribution >= 0.6 is 11.6 Å². The van der Waals surface area contributed by atoms with Crippen molar-refractivity contribution < 1.29 is 23.8 Å². The number of carbonyl (C=O) groups excluding carboxylic acids is 2. The lowest BCUT2D eigenvalue weighted by molar-refractivity contribution is -0.120. The average molecular weight is 601 g/mol. The lowest BCUT2D eigenvalue weighted by atomic mass is 9.91. The summed E-state index contributed by atoms with van der Waals surface area (Å²) in [4.78, 5) is 33.3. The normalized spacial score (nSPS) is 14.1. The van der Waals surface area contributed by atoms with Crippen LogP contribution in [0.4, 0.5) is 10.5 Å². The third kappa shape index (κ3) is 7.77. The molecule has 1 aliphatic heterocycles. The quantitative estimate of drug-likeness (QED) is 0.308. The van der Waals surface area contributed by atoms with E-state index in [-0.39, 0.29) is 24.5 Å². The van der Waals surface area contributed by atoms with E-state index in [0.29, 0.717) is 40.2 Å². The number of hydrogen-bond acceptors (Lipinski definition) is 7. The minimum Gasteiger partial charge on any atom is -0.481 e. The molecule has 0 saturated carbocycles. The second-order valence-electron chi connectivity index (χ2n) is 11.7. The topological polar surface area (TPSA) is 114 Å². The van der Waals surface area contributed by atoms with Gasteiger partial charge in [-0.15, -0.1) is 6.42 Å². The van der Waals surface area contributed by atoms with Crippen LogP contribution in [0.25, 0.3) is 0 Å². The first-order valence-corrected chi connectivity index (χ1v) is 14.0. The Morgan fingerprint density at radius 1 is 1.16 bits per heavy atom. The molecule has 10 heteroatoms. The number of nitrogens with one attached hydrogen (secondary N) is 1. The van der Waals surface area contributed by atoms with E-state index >= 15 is 0 Å². The maximum atomic E-state index is 14.2. The number of fused-ring (bicyclic) bond motifs is 1. The second kappa shape index (κ2) is 12.6. The van der Waals surface area contributed by atoms with Gasteiger partial charge in [-0.05, 0) is 56.7 Å². The van der Waals surface area contributed by atoms with E-state index in [1.807, 2.05) is 26.0 Å². The molecule has 43 heavy (non-hydrogen) atoms. The summed E-state index contributed by atoms with van der Waals surface area (Å²) in [5.74, 6) is 3.33. The molecule has 1 aliphatic rings. The van der Waals surface area contributed by atoms with Crippen molar-refractivity contribution >= 4 is 29.3 Å². The van der Waals surface area contributed by atoms with Crippen molar-refractivity contribution in [3.8, 4) is 35.7 Å². The van der Waals surface area contributed by atoms with E-state index in [1.54, 1.807) is 62.2 Å². The largest absolute Gasteiger partial charge is 0.481 e. The van der Waals surface area contributed by atoms with Gasteiger partial charge in [0.05, 0.1) is 23.1 Å². The third-order valence-electron chi connectivity index (χ3n) is 6.56. The molecule has 3 aromatic rings. The van der Waals surface area contributed by atoms with E-state index in [0.717, 1.165) is 5.56 Å². The molecule has 0 spiro atoms. The Morgan fingerprint density at radius 2 is 1.88 bits per heavy atom. The number of nitriles is 1. The van der Waals surface area contributed by atoms with Gasteiger partial charge in [-0.3, -0.25) is 9.78 Å². The molecule has 2 amide bonds.